The summed E-state index contributed by atoms with van der Waals surface area (Å²) in [6.07, 6.45) is 0.569. The predicted octanol–water partition coefficient (Wildman–Crippen LogP) is 4.30. The van der Waals surface area contributed by atoms with Crippen LogP contribution in [0.3, 0.4) is 0 Å². The Balaban J connectivity index is 1.70. The van der Waals surface area contributed by atoms with E-state index in [0.29, 0.717) is 18.2 Å². The fourth-order valence-corrected chi connectivity index (χ4v) is 3.16. The van der Waals surface area contributed by atoms with E-state index >= 15 is 0 Å². The lowest BCUT2D eigenvalue weighted by Gasteiger charge is -2.14. The molecule has 2 aromatic carbocycles. The molecule has 1 saturated heterocycles. The number of carbonyl (C=O) groups is 1. The van der Waals surface area contributed by atoms with Crippen LogP contribution in [-0.4, -0.2) is 37.7 Å². The molecule has 0 unspecified atom stereocenters. The molecule has 0 spiro atoms. The quantitative estimate of drug-likeness (QED) is 0.901. The van der Waals surface area contributed by atoms with Crippen molar-refractivity contribution in [2.45, 2.75) is 13.3 Å². The number of halogens is 1. The van der Waals surface area contributed by atoms with Crippen LogP contribution in [0.5, 0.6) is 0 Å². The van der Waals surface area contributed by atoms with Crippen LogP contribution >= 0.6 is 0 Å². The Hall–Kier alpha value is -2.40. The van der Waals surface area contributed by atoms with Gasteiger partial charge >= 0.3 is 6.09 Å². The fourth-order valence-electron chi connectivity index (χ4n) is 3.16. The summed E-state index contributed by atoms with van der Waals surface area (Å²) in [5, 5.41) is 2.79. The maximum atomic E-state index is 13.6. The van der Waals surface area contributed by atoms with Crippen molar-refractivity contribution in [3.8, 4) is 11.1 Å². The molecule has 132 valence electrons. The Morgan fingerprint density at radius 3 is 2.88 bits per heavy atom. The summed E-state index contributed by atoms with van der Waals surface area (Å²) in [5.41, 5.74) is 3.14. The number of hydrogen-bond acceptors (Lipinski definition) is 3. The second-order valence-electron chi connectivity index (χ2n) is 6.70. The first-order valence-corrected chi connectivity index (χ1v) is 8.50. The average molecular weight is 342 g/mol. The Labute approximate surface area is 147 Å². The minimum absolute atomic E-state index is 0.308. The van der Waals surface area contributed by atoms with Gasteiger partial charge in [-0.15, -0.1) is 0 Å². The highest BCUT2D eigenvalue weighted by atomic mass is 19.1. The molecule has 0 aliphatic carbocycles. The Bertz CT molecular complexity index is 763. The average Bonchev–Trinajstić information content (AvgIpc) is 3.00. The molecule has 1 aliphatic rings. The molecule has 1 heterocycles. The summed E-state index contributed by atoms with van der Waals surface area (Å²) < 4.78 is 18.9. The predicted molar refractivity (Wildman–Crippen MR) is 97.1 cm³/mol. The summed E-state index contributed by atoms with van der Waals surface area (Å²) >= 11 is 0. The molecular weight excluding hydrogens is 319 g/mol. The topological polar surface area (TPSA) is 41.6 Å². The number of benzene rings is 2. The van der Waals surface area contributed by atoms with E-state index in [9.17, 15) is 9.18 Å². The van der Waals surface area contributed by atoms with Crippen molar-refractivity contribution in [3.05, 3.63) is 53.8 Å². The molecule has 4 nitrogen and oxygen atoms in total. The molecule has 0 radical (unpaired) electrons. The summed E-state index contributed by atoms with van der Waals surface area (Å²) in [5.74, 6) is 0.0781. The number of rotatable bonds is 4. The van der Waals surface area contributed by atoms with Gasteiger partial charge in [0.1, 0.15) is 5.82 Å². The Morgan fingerprint density at radius 1 is 1.32 bits per heavy atom. The zero-order valence-electron chi connectivity index (χ0n) is 14.6. The number of ether oxygens (including phenoxy) is 1. The smallest absolute Gasteiger partial charge is 0.411 e. The van der Waals surface area contributed by atoms with E-state index in [0.717, 1.165) is 36.2 Å². The summed E-state index contributed by atoms with van der Waals surface area (Å²) in [6.45, 7) is 4.36. The van der Waals surface area contributed by atoms with Gasteiger partial charge in [0.05, 0.1) is 12.3 Å². The first-order chi connectivity index (χ1) is 12.0. The molecule has 0 aromatic heterocycles. The van der Waals surface area contributed by atoms with Gasteiger partial charge in [0, 0.05) is 18.0 Å². The molecular formula is C20H23FN2O2. The third-order valence-electron chi connectivity index (χ3n) is 4.49. The van der Waals surface area contributed by atoms with Gasteiger partial charge in [-0.1, -0.05) is 23.8 Å². The normalized spacial score (nSPS) is 17.5. The maximum absolute atomic E-state index is 13.6. The molecule has 1 aliphatic heterocycles. The summed E-state index contributed by atoms with van der Waals surface area (Å²) in [7, 11) is 2.07. The van der Waals surface area contributed by atoms with Crippen molar-refractivity contribution >= 4 is 11.8 Å². The maximum Gasteiger partial charge on any atom is 0.411 e. The van der Waals surface area contributed by atoms with Crippen LogP contribution in [0.15, 0.2) is 42.5 Å². The van der Waals surface area contributed by atoms with Gasteiger partial charge in [0.2, 0.25) is 0 Å². The first-order valence-electron chi connectivity index (χ1n) is 8.50. The van der Waals surface area contributed by atoms with Crippen molar-refractivity contribution in [1.29, 1.82) is 0 Å². The lowest BCUT2D eigenvalue weighted by Crippen LogP contribution is -2.21. The SMILES string of the molecule is Cc1ccc(NC(=O)OC[C@@H]2CCN(C)C2)c(-c2cccc(F)c2)c1. The number of amides is 1. The van der Waals surface area contributed by atoms with E-state index in [1.807, 2.05) is 31.2 Å². The number of hydrogen-bond donors (Lipinski definition) is 1. The second kappa shape index (κ2) is 7.66. The fraction of sp³-hybridized carbons (Fsp3) is 0.350. The second-order valence-corrected chi connectivity index (χ2v) is 6.70. The summed E-state index contributed by atoms with van der Waals surface area (Å²) in [6, 6.07) is 12.0. The first kappa shape index (κ1) is 17.4. The number of likely N-dealkylation sites (tertiary alicyclic amines) is 1. The molecule has 1 fully saturated rings. The van der Waals surface area contributed by atoms with Crippen LogP contribution in [0.2, 0.25) is 0 Å². The summed E-state index contributed by atoms with van der Waals surface area (Å²) in [4.78, 5) is 14.4. The Morgan fingerprint density at radius 2 is 2.16 bits per heavy atom. The Kier molecular flexibility index (Phi) is 5.34. The van der Waals surface area contributed by atoms with E-state index in [2.05, 4.69) is 17.3 Å². The van der Waals surface area contributed by atoms with Gasteiger partial charge in [-0.3, -0.25) is 5.32 Å². The minimum Gasteiger partial charge on any atom is -0.449 e. The van der Waals surface area contributed by atoms with E-state index in [-0.39, 0.29) is 5.82 Å². The molecule has 1 N–H and O–H groups in total. The molecule has 5 heteroatoms. The van der Waals surface area contributed by atoms with Crippen molar-refractivity contribution in [2.24, 2.45) is 5.92 Å². The van der Waals surface area contributed by atoms with Crippen LogP contribution in [0.25, 0.3) is 11.1 Å². The van der Waals surface area contributed by atoms with E-state index in [1.165, 1.54) is 12.1 Å². The largest absolute Gasteiger partial charge is 0.449 e. The molecule has 1 atom stereocenters. The van der Waals surface area contributed by atoms with Gasteiger partial charge in [0.15, 0.2) is 0 Å². The molecule has 3 rings (SSSR count). The lowest BCUT2D eigenvalue weighted by atomic mass is 10.0. The highest BCUT2D eigenvalue weighted by Gasteiger charge is 2.21. The van der Waals surface area contributed by atoms with Crippen LogP contribution < -0.4 is 5.32 Å². The monoisotopic (exact) mass is 342 g/mol. The highest BCUT2D eigenvalue weighted by Crippen LogP contribution is 2.29. The minimum atomic E-state index is -0.476. The molecule has 1 amide bonds. The van der Waals surface area contributed by atoms with E-state index in [1.54, 1.807) is 6.07 Å². The van der Waals surface area contributed by atoms with Crippen molar-refractivity contribution in [1.82, 2.24) is 4.90 Å². The van der Waals surface area contributed by atoms with E-state index < -0.39 is 6.09 Å². The zero-order chi connectivity index (χ0) is 17.8. The van der Waals surface area contributed by atoms with Crippen molar-refractivity contribution in [3.63, 3.8) is 0 Å². The molecule has 25 heavy (non-hydrogen) atoms. The van der Waals surface area contributed by atoms with Gasteiger partial charge < -0.3 is 9.64 Å². The number of nitrogens with one attached hydrogen (secondary N) is 1. The molecule has 0 saturated carbocycles. The van der Waals surface area contributed by atoms with Crippen LogP contribution in [0, 0.1) is 18.7 Å². The number of anilines is 1. The number of aryl methyl sites for hydroxylation is 1. The van der Waals surface area contributed by atoms with Gasteiger partial charge in [-0.25, -0.2) is 9.18 Å². The van der Waals surface area contributed by atoms with E-state index in [4.69, 9.17) is 4.74 Å². The standard InChI is InChI=1S/C20H23FN2O2/c1-14-6-7-19(18(10-14)16-4-3-5-17(21)11-16)22-20(24)25-13-15-8-9-23(2)12-15/h3-7,10-11,15H,8-9,12-13H2,1-2H3,(H,22,24)/t15-/m1/s1. The van der Waals surface area contributed by atoms with Crippen molar-refractivity contribution < 1.29 is 13.9 Å². The van der Waals surface area contributed by atoms with Crippen LogP contribution in [0.4, 0.5) is 14.9 Å². The van der Waals surface area contributed by atoms with Gasteiger partial charge in [0.25, 0.3) is 0 Å². The number of carbonyl (C=O) groups excluding carboxylic acids is 1. The van der Waals surface area contributed by atoms with Gasteiger partial charge in [-0.05, 0) is 56.8 Å². The zero-order valence-corrected chi connectivity index (χ0v) is 14.6. The molecule has 2 aromatic rings. The third kappa shape index (κ3) is 4.57. The van der Waals surface area contributed by atoms with Crippen LogP contribution in [-0.2, 0) is 4.74 Å². The van der Waals surface area contributed by atoms with Gasteiger partial charge in [-0.2, -0.15) is 0 Å². The molecule has 0 bridgehead atoms. The number of nitrogens with zero attached hydrogens (tertiary/aromatic N) is 1. The third-order valence-corrected chi connectivity index (χ3v) is 4.49. The van der Waals surface area contributed by atoms with Crippen LogP contribution in [0.1, 0.15) is 12.0 Å². The highest BCUT2D eigenvalue weighted by molar-refractivity contribution is 5.91. The van der Waals surface area contributed by atoms with Crippen molar-refractivity contribution in [2.75, 3.05) is 32.1 Å². The lowest BCUT2D eigenvalue weighted by molar-refractivity contribution is 0.142.